The number of methoxy groups -OCH3 is 1. The van der Waals surface area contributed by atoms with Crippen LogP contribution in [0.1, 0.15) is 46.0 Å². The van der Waals surface area contributed by atoms with E-state index in [4.69, 9.17) is 4.74 Å². The Labute approximate surface area is 129 Å². The largest absolute Gasteiger partial charge is 0.385 e. The molecule has 4 heteroatoms. The Morgan fingerprint density at radius 2 is 2.10 bits per heavy atom. The van der Waals surface area contributed by atoms with Gasteiger partial charge in [0, 0.05) is 26.3 Å². The van der Waals surface area contributed by atoms with Crippen molar-refractivity contribution < 1.29 is 9.53 Å². The number of hydrogen-bond donors (Lipinski definition) is 1. The normalized spacial score (nSPS) is 30.6. The van der Waals surface area contributed by atoms with Crippen LogP contribution in [0.3, 0.4) is 0 Å². The smallest absolute Gasteiger partial charge is 0.237 e. The number of ether oxygens (including phenoxy) is 1. The molecule has 122 valence electrons. The second-order valence-corrected chi connectivity index (χ2v) is 7.14. The van der Waals surface area contributed by atoms with E-state index < -0.39 is 0 Å². The summed E-state index contributed by atoms with van der Waals surface area (Å²) in [6.45, 7) is 5.84. The Bertz CT molecular complexity index is 348. The average molecular weight is 296 g/mol. The van der Waals surface area contributed by atoms with Gasteiger partial charge in [0.05, 0.1) is 6.04 Å². The molecule has 0 aromatic heterocycles. The van der Waals surface area contributed by atoms with Crippen molar-refractivity contribution in [3.05, 3.63) is 0 Å². The molecule has 0 saturated heterocycles. The van der Waals surface area contributed by atoms with Gasteiger partial charge in [0.15, 0.2) is 0 Å². The number of nitrogens with zero attached hydrogens (tertiary/aromatic N) is 1. The topological polar surface area (TPSA) is 41.6 Å². The maximum Gasteiger partial charge on any atom is 0.237 e. The van der Waals surface area contributed by atoms with E-state index in [0.717, 1.165) is 31.4 Å². The van der Waals surface area contributed by atoms with Crippen LogP contribution >= 0.6 is 0 Å². The quantitative estimate of drug-likeness (QED) is 0.699. The standard InChI is InChI=1S/C17H32N2O2/c1-12(16-11-14-6-7-15(16)10-14)18-17(20)13(2)19(3)8-5-9-21-4/h12-16H,5-11H2,1-4H3,(H,18,20). The van der Waals surface area contributed by atoms with Gasteiger partial charge in [-0.15, -0.1) is 0 Å². The molecule has 5 atom stereocenters. The summed E-state index contributed by atoms with van der Waals surface area (Å²) < 4.78 is 5.07. The second kappa shape index (κ2) is 7.59. The van der Waals surface area contributed by atoms with Crippen LogP contribution in [-0.2, 0) is 9.53 Å². The van der Waals surface area contributed by atoms with Crippen molar-refractivity contribution in [1.29, 1.82) is 0 Å². The van der Waals surface area contributed by atoms with E-state index in [9.17, 15) is 4.79 Å². The van der Waals surface area contributed by atoms with Gasteiger partial charge in [-0.2, -0.15) is 0 Å². The molecule has 0 aliphatic heterocycles. The lowest BCUT2D eigenvalue weighted by Crippen LogP contribution is -2.49. The molecule has 2 bridgehead atoms. The second-order valence-electron chi connectivity index (χ2n) is 7.14. The van der Waals surface area contributed by atoms with Gasteiger partial charge >= 0.3 is 0 Å². The van der Waals surface area contributed by atoms with Crippen LogP contribution in [0, 0.1) is 17.8 Å². The fourth-order valence-corrected chi connectivity index (χ4v) is 4.21. The SMILES string of the molecule is COCCCN(C)C(C)C(=O)NC(C)C1CC2CCC1C2. The van der Waals surface area contributed by atoms with Crippen LogP contribution in [0.15, 0.2) is 0 Å². The van der Waals surface area contributed by atoms with E-state index >= 15 is 0 Å². The average Bonchev–Trinajstić information content (AvgIpc) is 3.09. The Morgan fingerprint density at radius 1 is 1.33 bits per heavy atom. The van der Waals surface area contributed by atoms with Gasteiger partial charge in [-0.25, -0.2) is 0 Å². The third-order valence-corrected chi connectivity index (χ3v) is 5.70. The first-order valence-electron chi connectivity index (χ1n) is 8.52. The molecule has 2 rings (SSSR count). The van der Waals surface area contributed by atoms with E-state index in [1.807, 2.05) is 14.0 Å². The number of likely N-dealkylation sites (N-methyl/N-ethyl adjacent to an activating group) is 1. The predicted octanol–water partition coefficient (Wildman–Crippen LogP) is 2.28. The maximum atomic E-state index is 12.4. The summed E-state index contributed by atoms with van der Waals surface area (Å²) in [5.41, 5.74) is 0. The van der Waals surface area contributed by atoms with Gasteiger partial charge in [-0.3, -0.25) is 9.69 Å². The molecule has 1 amide bonds. The van der Waals surface area contributed by atoms with Crippen LogP contribution in [-0.4, -0.2) is 50.2 Å². The van der Waals surface area contributed by atoms with Gasteiger partial charge in [-0.05, 0) is 64.3 Å². The molecule has 1 N–H and O–H groups in total. The van der Waals surface area contributed by atoms with Crippen LogP contribution in [0.25, 0.3) is 0 Å². The zero-order valence-corrected chi connectivity index (χ0v) is 14.1. The minimum Gasteiger partial charge on any atom is -0.385 e. The summed E-state index contributed by atoms with van der Waals surface area (Å²) >= 11 is 0. The van der Waals surface area contributed by atoms with Crippen LogP contribution in [0.2, 0.25) is 0 Å². The third-order valence-electron chi connectivity index (χ3n) is 5.70. The van der Waals surface area contributed by atoms with Gasteiger partial charge in [0.2, 0.25) is 5.91 Å². The summed E-state index contributed by atoms with van der Waals surface area (Å²) in [6, 6.07) is 0.255. The number of nitrogens with one attached hydrogen (secondary N) is 1. The first-order chi connectivity index (χ1) is 10.0. The lowest BCUT2D eigenvalue weighted by atomic mass is 9.84. The molecule has 0 aromatic rings. The minimum absolute atomic E-state index is 0.0668. The Balaban J connectivity index is 1.74. The van der Waals surface area contributed by atoms with Gasteiger partial charge in [0.25, 0.3) is 0 Å². The number of fused-ring (bicyclic) bond motifs is 2. The summed E-state index contributed by atoms with van der Waals surface area (Å²) in [6.07, 6.45) is 6.48. The lowest BCUT2D eigenvalue weighted by Gasteiger charge is -2.31. The number of carbonyl (C=O) groups is 1. The summed E-state index contributed by atoms with van der Waals surface area (Å²) in [4.78, 5) is 14.5. The van der Waals surface area contributed by atoms with Crippen molar-refractivity contribution in [3.63, 3.8) is 0 Å². The van der Waals surface area contributed by atoms with Crippen molar-refractivity contribution in [3.8, 4) is 0 Å². The molecule has 4 nitrogen and oxygen atoms in total. The van der Waals surface area contributed by atoms with Crippen LogP contribution < -0.4 is 5.32 Å². The molecule has 21 heavy (non-hydrogen) atoms. The Kier molecular flexibility index (Phi) is 6.06. The van der Waals surface area contributed by atoms with E-state index in [1.165, 1.54) is 25.7 Å². The number of hydrogen-bond acceptors (Lipinski definition) is 3. The highest BCUT2D eigenvalue weighted by molar-refractivity contribution is 5.81. The molecular formula is C17H32N2O2. The first-order valence-corrected chi connectivity index (χ1v) is 8.52. The molecule has 2 saturated carbocycles. The zero-order valence-electron chi connectivity index (χ0n) is 14.1. The van der Waals surface area contributed by atoms with Gasteiger partial charge in [0.1, 0.15) is 0 Å². The van der Waals surface area contributed by atoms with E-state index in [1.54, 1.807) is 7.11 Å². The van der Waals surface area contributed by atoms with Crippen molar-refractivity contribution in [1.82, 2.24) is 10.2 Å². The Morgan fingerprint density at radius 3 is 2.67 bits per heavy atom. The lowest BCUT2D eigenvalue weighted by molar-refractivity contribution is -0.126. The molecule has 0 radical (unpaired) electrons. The summed E-state index contributed by atoms with van der Waals surface area (Å²) in [5, 5.41) is 3.27. The molecule has 0 heterocycles. The van der Waals surface area contributed by atoms with Crippen molar-refractivity contribution >= 4 is 5.91 Å². The number of carbonyl (C=O) groups excluding carboxylic acids is 1. The highest BCUT2D eigenvalue weighted by Gasteiger charge is 2.42. The first kappa shape index (κ1) is 16.8. The van der Waals surface area contributed by atoms with Gasteiger partial charge in [-0.1, -0.05) is 6.42 Å². The Hall–Kier alpha value is -0.610. The van der Waals surface area contributed by atoms with E-state index in [-0.39, 0.29) is 11.9 Å². The van der Waals surface area contributed by atoms with Crippen LogP contribution in [0.5, 0.6) is 0 Å². The predicted molar refractivity (Wildman–Crippen MR) is 85.1 cm³/mol. The van der Waals surface area contributed by atoms with E-state index in [2.05, 4.69) is 17.1 Å². The van der Waals surface area contributed by atoms with Gasteiger partial charge < -0.3 is 10.1 Å². The monoisotopic (exact) mass is 296 g/mol. The highest BCUT2D eigenvalue weighted by Crippen LogP contribution is 2.49. The zero-order chi connectivity index (χ0) is 15.4. The number of rotatable bonds is 8. The van der Waals surface area contributed by atoms with Crippen molar-refractivity contribution in [2.24, 2.45) is 17.8 Å². The third kappa shape index (κ3) is 4.19. The fraction of sp³-hybridized carbons (Fsp3) is 0.941. The van der Waals surface area contributed by atoms with E-state index in [0.29, 0.717) is 12.0 Å². The maximum absolute atomic E-state index is 12.4. The van der Waals surface area contributed by atoms with Crippen molar-refractivity contribution in [2.75, 3.05) is 27.3 Å². The highest BCUT2D eigenvalue weighted by atomic mass is 16.5. The molecule has 2 aliphatic rings. The minimum atomic E-state index is -0.0668. The summed E-state index contributed by atoms with van der Waals surface area (Å²) in [7, 11) is 3.73. The van der Waals surface area contributed by atoms with Crippen molar-refractivity contribution in [2.45, 2.75) is 58.0 Å². The molecule has 0 spiro atoms. The molecule has 5 unspecified atom stereocenters. The molecule has 2 fully saturated rings. The number of amides is 1. The molecule has 2 aliphatic carbocycles. The summed E-state index contributed by atoms with van der Waals surface area (Å²) in [5.74, 6) is 2.68. The molecule has 0 aromatic carbocycles. The molecular weight excluding hydrogens is 264 g/mol. The fourth-order valence-electron chi connectivity index (χ4n) is 4.21. The van der Waals surface area contributed by atoms with Crippen LogP contribution in [0.4, 0.5) is 0 Å².